The Morgan fingerprint density at radius 2 is 1.46 bits per heavy atom. The van der Waals surface area contributed by atoms with Gasteiger partial charge in [0, 0.05) is 58.0 Å². The van der Waals surface area contributed by atoms with Crippen molar-refractivity contribution >= 4 is 54.5 Å². The molecule has 10 aromatic rings. The first-order chi connectivity index (χ1) is 27.0. The third kappa shape index (κ3) is 6.28. The van der Waals surface area contributed by atoms with Gasteiger partial charge in [-0.3, -0.25) is 9.97 Å². The molecule has 0 saturated carbocycles. The van der Waals surface area contributed by atoms with Gasteiger partial charge in [0.2, 0.25) is 0 Å². The minimum Gasteiger partial charge on any atom is -0.500 e. The van der Waals surface area contributed by atoms with Gasteiger partial charge in [-0.25, -0.2) is 0 Å². The fourth-order valence-corrected chi connectivity index (χ4v) is 6.96. The van der Waals surface area contributed by atoms with Gasteiger partial charge in [-0.1, -0.05) is 111 Å². The zero-order valence-electron chi connectivity index (χ0n) is 32.9. The Morgan fingerprint density at radius 3 is 2.24 bits per heavy atom. The van der Waals surface area contributed by atoms with E-state index in [9.17, 15) is 0 Å². The van der Waals surface area contributed by atoms with Crippen LogP contribution in [0.4, 0.5) is 0 Å². The van der Waals surface area contributed by atoms with E-state index in [4.69, 9.17) is 18.5 Å². The van der Waals surface area contributed by atoms with Crippen LogP contribution in [0.3, 0.4) is 0 Å². The molecule has 10 rings (SSSR count). The Morgan fingerprint density at radius 1 is 0.685 bits per heavy atom. The van der Waals surface area contributed by atoms with Crippen LogP contribution in [0.5, 0.6) is 0 Å². The maximum atomic E-state index is 7.23. The molecule has 0 bridgehead atoms. The largest absolute Gasteiger partial charge is 0.500 e. The van der Waals surface area contributed by atoms with E-state index in [0.717, 1.165) is 77.8 Å². The van der Waals surface area contributed by atoms with Gasteiger partial charge in [0.1, 0.15) is 5.58 Å². The smallest absolute Gasteiger partial charge is 0.129 e. The number of fused-ring (bicyclic) bond motifs is 8. The summed E-state index contributed by atoms with van der Waals surface area (Å²) in [6, 6.07) is 51.1. The van der Waals surface area contributed by atoms with E-state index in [-0.39, 0.29) is 31.1 Å². The second-order valence-electron chi connectivity index (χ2n) is 14.1. The Balaban J connectivity index is 0.000000226. The molecular weight excluding hydrogens is 841 g/mol. The van der Waals surface area contributed by atoms with E-state index in [1.165, 1.54) is 17.0 Å². The van der Waals surface area contributed by atoms with Crippen molar-refractivity contribution in [2.45, 2.75) is 33.0 Å². The number of hydrogen-bond acceptors (Lipinski definition) is 4. The first-order valence-electron chi connectivity index (χ1n) is 19.1. The molecule has 0 aliphatic rings. The van der Waals surface area contributed by atoms with Crippen molar-refractivity contribution in [2.75, 3.05) is 0 Å². The van der Waals surface area contributed by atoms with Crippen LogP contribution >= 0.6 is 0 Å². The number of rotatable bonds is 3. The minimum atomic E-state index is -2.09. The van der Waals surface area contributed by atoms with Crippen LogP contribution in [-0.2, 0) is 25.5 Å². The summed E-state index contributed by atoms with van der Waals surface area (Å²) in [5.41, 5.74) is 8.17. The number of aryl methyl sites for hydroxylation is 1. The number of aromatic nitrogens is 4. The number of hydrogen-bond donors (Lipinski definition) is 0. The summed E-state index contributed by atoms with van der Waals surface area (Å²) in [7, 11) is 0. The fourth-order valence-electron chi connectivity index (χ4n) is 6.96. The zero-order chi connectivity index (χ0) is 38.6. The molecule has 0 aliphatic carbocycles. The average molecular weight is 880 g/mol. The summed E-state index contributed by atoms with van der Waals surface area (Å²) in [5.74, 6) is 0.785. The van der Waals surface area contributed by atoms with Gasteiger partial charge in [0.15, 0.2) is 0 Å². The quantitative estimate of drug-likeness (QED) is 0.131. The molecule has 54 heavy (non-hydrogen) atoms. The molecule has 5 nitrogen and oxygen atoms in total. The molecule has 0 amide bonds. The first-order valence-corrected chi connectivity index (χ1v) is 17.6. The van der Waals surface area contributed by atoms with Crippen LogP contribution in [0.15, 0.2) is 150 Å². The molecule has 1 radical (unpaired) electrons. The normalized spacial score (nSPS) is 12.6. The van der Waals surface area contributed by atoms with Gasteiger partial charge < -0.3 is 14.0 Å². The Kier molecular flexibility index (Phi) is 8.26. The number of furan rings is 1. The van der Waals surface area contributed by atoms with Crippen molar-refractivity contribution in [3.05, 3.63) is 169 Å². The van der Waals surface area contributed by atoms with Crippen molar-refractivity contribution in [3.8, 4) is 28.3 Å². The Hall–Kier alpha value is -5.94. The van der Waals surface area contributed by atoms with Gasteiger partial charge >= 0.3 is 0 Å². The summed E-state index contributed by atoms with van der Waals surface area (Å²) in [6.45, 7) is 4.46. The summed E-state index contributed by atoms with van der Waals surface area (Å²) in [6.07, 6.45) is 3.28. The van der Waals surface area contributed by atoms with Crippen LogP contribution in [0.2, 0.25) is 0 Å². The first kappa shape index (κ1) is 31.6. The van der Waals surface area contributed by atoms with E-state index in [1.54, 1.807) is 18.2 Å². The number of nitrogens with zero attached hydrogens (tertiary/aromatic N) is 4. The molecule has 6 heteroatoms. The number of benzene rings is 6. The zero-order valence-corrected chi connectivity index (χ0v) is 32.3. The molecule has 0 N–H and O–H groups in total. The Labute approximate surface area is 331 Å². The van der Waals surface area contributed by atoms with Crippen LogP contribution in [0.1, 0.15) is 36.1 Å². The van der Waals surface area contributed by atoms with E-state index in [1.807, 2.05) is 36.5 Å². The third-order valence-corrected chi connectivity index (χ3v) is 9.60. The maximum Gasteiger partial charge on any atom is 0.129 e. The van der Waals surface area contributed by atoms with Crippen molar-refractivity contribution in [1.29, 1.82) is 0 Å². The van der Waals surface area contributed by atoms with Crippen LogP contribution < -0.4 is 0 Å². The van der Waals surface area contributed by atoms with Gasteiger partial charge in [-0.05, 0) is 52.5 Å². The topological polar surface area (TPSA) is 56.7 Å². The van der Waals surface area contributed by atoms with Crippen molar-refractivity contribution in [2.24, 2.45) is 0 Å². The fraction of sp³-hybridized carbons (Fsp3) is 0.104. The van der Waals surface area contributed by atoms with Crippen molar-refractivity contribution < 1.29 is 28.6 Å². The molecule has 6 aromatic carbocycles. The molecule has 4 heterocycles. The number of para-hydroxylation sites is 1. The van der Waals surface area contributed by atoms with E-state index in [0.29, 0.717) is 0 Å². The number of imidazole rings is 1. The molecule has 0 unspecified atom stereocenters. The molecular formula is C48H36IrN4O-2. The van der Waals surface area contributed by atoms with E-state index < -0.39 is 6.85 Å². The summed E-state index contributed by atoms with van der Waals surface area (Å²) in [4.78, 5) is 14.0. The van der Waals surface area contributed by atoms with Gasteiger partial charge in [0.05, 0.1) is 28.6 Å². The van der Waals surface area contributed by atoms with Gasteiger partial charge in [-0.2, -0.15) is 0 Å². The predicted molar refractivity (Wildman–Crippen MR) is 217 cm³/mol. The maximum absolute atomic E-state index is 7.23. The second-order valence-corrected chi connectivity index (χ2v) is 14.1. The summed E-state index contributed by atoms with van der Waals surface area (Å²) < 4.78 is 30.7. The standard InChI is InChI=1S/C36H26N3O.C12H10N.Ir/c1-36(2,3)31-20-30-29(21-37-31)38-35(39(30)24-11-5-4-6-12-24)28-15-9-14-26-27-19-18-23-17-16-22-10-7-8-13-25(22)32(23)34(27)40-33(26)28;1-10-7-8-12(13-9-10)11-5-3-2-4-6-11;/h4-14,16-21H,1-3H3;2-5,7-9H,1H3;/q2*-1;/i;1D3;. The molecule has 0 spiro atoms. The van der Waals surface area contributed by atoms with Crippen molar-refractivity contribution in [3.63, 3.8) is 0 Å². The molecule has 0 aliphatic heterocycles. The number of pyridine rings is 2. The molecule has 0 atom stereocenters. The summed E-state index contributed by atoms with van der Waals surface area (Å²) >= 11 is 0. The predicted octanol–water partition coefficient (Wildman–Crippen LogP) is 12.2. The van der Waals surface area contributed by atoms with Crippen LogP contribution in [0, 0.1) is 19.0 Å². The van der Waals surface area contributed by atoms with E-state index in [2.05, 4.69) is 127 Å². The SMILES string of the molecule is CC(C)(C)c1cc2c(cn1)nc(-c1[c-]ccc3c1oc1c3ccc3ccc4ccccc4c31)n2-c1ccccc1.[2H]C([2H])([2H])c1ccc(-c2[c-]cccc2)nc1.[Ir]. The summed E-state index contributed by atoms with van der Waals surface area (Å²) in [5, 5.41) is 6.82. The van der Waals surface area contributed by atoms with Crippen molar-refractivity contribution in [1.82, 2.24) is 19.5 Å². The average Bonchev–Trinajstić information content (AvgIpc) is 3.80. The molecule has 0 saturated heterocycles. The second kappa shape index (κ2) is 14.1. The Bertz CT molecular complexity index is 3040. The van der Waals surface area contributed by atoms with Gasteiger partial charge in [-0.15, -0.1) is 54.1 Å². The van der Waals surface area contributed by atoms with Gasteiger partial charge in [0.25, 0.3) is 0 Å². The third-order valence-electron chi connectivity index (χ3n) is 9.60. The molecule has 265 valence electrons. The minimum absolute atomic E-state index is 0. The van der Waals surface area contributed by atoms with Crippen LogP contribution in [-0.4, -0.2) is 19.5 Å². The monoisotopic (exact) mass is 880 g/mol. The van der Waals surface area contributed by atoms with E-state index >= 15 is 0 Å². The van der Waals surface area contributed by atoms with Crippen LogP contribution in [0.25, 0.3) is 82.8 Å². The molecule has 0 fully saturated rings. The molecule has 4 aromatic heterocycles.